The number of nitrogens with zero attached hydrogens (tertiary/aromatic N) is 2. The van der Waals surface area contributed by atoms with Gasteiger partial charge in [0, 0.05) is 25.2 Å². The normalized spacial score (nSPS) is 20.7. The summed E-state index contributed by atoms with van der Waals surface area (Å²) in [6.07, 6.45) is 11.7. The maximum Gasteiger partial charge on any atom is 0.169 e. The number of hydrogen-bond acceptors (Lipinski definition) is 4. The molecule has 1 heterocycles. The lowest BCUT2D eigenvalue weighted by Gasteiger charge is -2.34. The molecule has 6 heteroatoms. The first-order chi connectivity index (χ1) is 15.1. The highest BCUT2D eigenvalue weighted by Crippen LogP contribution is 2.28. The maximum atomic E-state index is 5.99. The number of ether oxygens (including phenoxy) is 2. The molecule has 1 aromatic carbocycles. The van der Waals surface area contributed by atoms with Gasteiger partial charge in [0.25, 0.3) is 0 Å². The predicted octanol–water partition coefficient (Wildman–Crippen LogP) is 4.98. The third kappa shape index (κ3) is 6.98. The second kappa shape index (κ2) is 12.5. The fourth-order valence-electron chi connectivity index (χ4n) is 5.06. The van der Waals surface area contributed by atoms with Crippen LogP contribution in [0.2, 0.25) is 0 Å². The van der Waals surface area contributed by atoms with E-state index in [1.54, 1.807) is 14.2 Å². The van der Waals surface area contributed by atoms with Crippen molar-refractivity contribution >= 4 is 17.3 Å². The van der Waals surface area contributed by atoms with Crippen molar-refractivity contribution in [2.24, 2.45) is 0 Å². The van der Waals surface area contributed by atoms with Gasteiger partial charge in [0.2, 0.25) is 0 Å². The van der Waals surface area contributed by atoms with E-state index in [2.05, 4.69) is 34.2 Å². The molecule has 1 saturated carbocycles. The van der Waals surface area contributed by atoms with E-state index in [0.717, 1.165) is 36.2 Å². The smallest absolute Gasteiger partial charge is 0.169 e. The number of methoxy groups -OCH3 is 2. The van der Waals surface area contributed by atoms with Gasteiger partial charge in [-0.1, -0.05) is 45.1 Å². The Balaban J connectivity index is 1.72. The molecule has 1 atom stereocenters. The molecule has 1 aromatic rings. The van der Waals surface area contributed by atoms with Gasteiger partial charge in [-0.15, -0.1) is 0 Å². The van der Waals surface area contributed by atoms with Crippen molar-refractivity contribution < 1.29 is 9.47 Å². The van der Waals surface area contributed by atoms with Gasteiger partial charge in [-0.2, -0.15) is 0 Å². The first kappa shape index (κ1) is 24.1. The van der Waals surface area contributed by atoms with E-state index >= 15 is 0 Å². The van der Waals surface area contributed by atoms with Crippen LogP contribution in [0.15, 0.2) is 18.2 Å². The Hall–Kier alpha value is -1.53. The number of benzene rings is 1. The number of thiocarbonyl (C=S) groups is 1. The molecule has 1 N–H and O–H groups in total. The van der Waals surface area contributed by atoms with E-state index in [4.69, 9.17) is 21.7 Å². The molecular formula is C25H41N3O2S. The molecule has 0 amide bonds. The second-order valence-corrected chi connectivity index (χ2v) is 9.37. The SMILES string of the molecule is CCN1CCCC1CN(Cc1ccc(OC)c(OC)c1)C(=S)NC1CCCCCCC1. The molecule has 1 unspecified atom stereocenters. The lowest BCUT2D eigenvalue weighted by atomic mass is 9.97. The van der Waals surface area contributed by atoms with Gasteiger partial charge in [-0.25, -0.2) is 0 Å². The van der Waals surface area contributed by atoms with E-state index in [-0.39, 0.29) is 0 Å². The molecule has 1 aliphatic carbocycles. The summed E-state index contributed by atoms with van der Waals surface area (Å²) in [7, 11) is 3.37. The summed E-state index contributed by atoms with van der Waals surface area (Å²) in [5.74, 6) is 1.54. The minimum absolute atomic E-state index is 0.506. The highest BCUT2D eigenvalue weighted by atomic mass is 32.1. The lowest BCUT2D eigenvalue weighted by molar-refractivity contribution is 0.218. The minimum Gasteiger partial charge on any atom is -0.493 e. The topological polar surface area (TPSA) is 37.0 Å². The molecule has 2 aliphatic rings. The molecule has 2 fully saturated rings. The number of rotatable bonds is 8. The van der Waals surface area contributed by atoms with Crippen LogP contribution < -0.4 is 14.8 Å². The van der Waals surface area contributed by atoms with E-state index < -0.39 is 0 Å². The first-order valence-electron chi connectivity index (χ1n) is 12.1. The van der Waals surface area contributed by atoms with Crippen LogP contribution in [0.3, 0.4) is 0 Å². The molecule has 5 nitrogen and oxygen atoms in total. The van der Waals surface area contributed by atoms with E-state index in [9.17, 15) is 0 Å². The summed E-state index contributed by atoms with van der Waals surface area (Å²) >= 11 is 5.99. The van der Waals surface area contributed by atoms with Crippen molar-refractivity contribution in [3.05, 3.63) is 23.8 Å². The fraction of sp³-hybridized carbons (Fsp3) is 0.720. The Morgan fingerprint density at radius 3 is 2.42 bits per heavy atom. The minimum atomic E-state index is 0.506. The summed E-state index contributed by atoms with van der Waals surface area (Å²) in [6.45, 7) is 6.33. The molecule has 0 radical (unpaired) electrons. The van der Waals surface area contributed by atoms with Crippen LogP contribution >= 0.6 is 12.2 Å². The molecule has 31 heavy (non-hydrogen) atoms. The van der Waals surface area contributed by atoms with Gasteiger partial charge in [0.1, 0.15) is 0 Å². The zero-order valence-electron chi connectivity index (χ0n) is 19.7. The van der Waals surface area contributed by atoms with Gasteiger partial charge >= 0.3 is 0 Å². The monoisotopic (exact) mass is 447 g/mol. The molecule has 1 aliphatic heterocycles. The first-order valence-corrected chi connectivity index (χ1v) is 12.6. The van der Waals surface area contributed by atoms with E-state index in [1.807, 2.05) is 6.07 Å². The largest absolute Gasteiger partial charge is 0.493 e. The third-order valence-corrected chi connectivity index (χ3v) is 7.25. The van der Waals surface area contributed by atoms with Crippen LogP contribution in [-0.4, -0.2) is 60.8 Å². The number of likely N-dealkylation sites (tertiary alicyclic amines) is 1. The van der Waals surface area contributed by atoms with Crippen molar-refractivity contribution in [3.8, 4) is 11.5 Å². The van der Waals surface area contributed by atoms with Crippen molar-refractivity contribution in [3.63, 3.8) is 0 Å². The van der Waals surface area contributed by atoms with Gasteiger partial charge in [-0.05, 0) is 68.7 Å². The average Bonchev–Trinajstić information content (AvgIpc) is 3.22. The molecular weight excluding hydrogens is 406 g/mol. The Morgan fingerprint density at radius 1 is 1.03 bits per heavy atom. The fourth-order valence-corrected chi connectivity index (χ4v) is 5.36. The predicted molar refractivity (Wildman–Crippen MR) is 132 cm³/mol. The van der Waals surface area contributed by atoms with Crippen LogP contribution in [0.4, 0.5) is 0 Å². The molecule has 174 valence electrons. The number of nitrogens with one attached hydrogen (secondary N) is 1. The Labute approximate surface area is 194 Å². The van der Waals surface area contributed by atoms with Gasteiger partial charge < -0.3 is 19.7 Å². The third-order valence-electron chi connectivity index (χ3n) is 6.88. The standard InChI is InChI=1S/C25H41N3O2S/c1-4-27-16-10-13-22(27)19-28(18-20-14-15-23(29-2)24(17-20)30-3)25(31)26-21-11-8-6-5-7-9-12-21/h14-15,17,21-22H,4-13,16,18-19H2,1-3H3,(H,26,31). The summed E-state index contributed by atoms with van der Waals surface area (Å²) < 4.78 is 11.0. The van der Waals surface area contributed by atoms with Crippen LogP contribution in [-0.2, 0) is 6.54 Å². The Kier molecular flexibility index (Phi) is 9.72. The van der Waals surface area contributed by atoms with Crippen LogP contribution in [0.1, 0.15) is 70.3 Å². The lowest BCUT2D eigenvalue weighted by Crippen LogP contribution is -2.49. The molecule has 3 rings (SSSR count). The van der Waals surface area contributed by atoms with Crippen LogP contribution in [0, 0.1) is 0 Å². The molecule has 0 aromatic heterocycles. The van der Waals surface area contributed by atoms with Gasteiger partial charge in [0.05, 0.1) is 14.2 Å². The van der Waals surface area contributed by atoms with E-state index in [0.29, 0.717) is 12.1 Å². The summed E-state index contributed by atoms with van der Waals surface area (Å²) in [5, 5.41) is 4.65. The summed E-state index contributed by atoms with van der Waals surface area (Å²) in [6, 6.07) is 7.27. The van der Waals surface area contributed by atoms with Crippen molar-refractivity contribution in [1.82, 2.24) is 15.1 Å². The van der Waals surface area contributed by atoms with Crippen molar-refractivity contribution in [2.75, 3.05) is 33.9 Å². The molecule has 0 bridgehead atoms. The van der Waals surface area contributed by atoms with Gasteiger partial charge in [-0.3, -0.25) is 4.90 Å². The van der Waals surface area contributed by atoms with Crippen LogP contribution in [0.25, 0.3) is 0 Å². The summed E-state index contributed by atoms with van der Waals surface area (Å²) in [5.41, 5.74) is 1.19. The summed E-state index contributed by atoms with van der Waals surface area (Å²) in [4.78, 5) is 4.98. The van der Waals surface area contributed by atoms with Crippen molar-refractivity contribution in [1.29, 1.82) is 0 Å². The number of hydrogen-bond donors (Lipinski definition) is 1. The molecule has 0 spiro atoms. The quantitative estimate of drug-likeness (QED) is 0.567. The highest BCUT2D eigenvalue weighted by molar-refractivity contribution is 7.80. The highest BCUT2D eigenvalue weighted by Gasteiger charge is 2.27. The van der Waals surface area contributed by atoms with Gasteiger partial charge in [0.15, 0.2) is 16.6 Å². The zero-order valence-corrected chi connectivity index (χ0v) is 20.5. The molecule has 1 saturated heterocycles. The Bertz CT molecular complexity index is 691. The average molecular weight is 448 g/mol. The number of likely N-dealkylation sites (N-methyl/N-ethyl adjacent to an activating group) is 1. The Morgan fingerprint density at radius 2 is 1.74 bits per heavy atom. The second-order valence-electron chi connectivity index (χ2n) is 8.99. The maximum absolute atomic E-state index is 5.99. The van der Waals surface area contributed by atoms with E-state index in [1.165, 1.54) is 69.9 Å². The zero-order chi connectivity index (χ0) is 22.1. The van der Waals surface area contributed by atoms with Crippen molar-refractivity contribution in [2.45, 2.75) is 83.3 Å². The van der Waals surface area contributed by atoms with Crippen LogP contribution in [0.5, 0.6) is 11.5 Å².